The number of rotatable bonds is 9. The number of amides is 1. The number of fused-ring (bicyclic) bond motifs is 2. The first-order valence-electron chi connectivity index (χ1n) is 12.4. The van der Waals surface area contributed by atoms with Crippen LogP contribution in [0.25, 0.3) is 0 Å². The Morgan fingerprint density at radius 3 is 2.62 bits per heavy atom. The summed E-state index contributed by atoms with van der Waals surface area (Å²) in [5.41, 5.74) is 0.992. The molecule has 3 fully saturated rings. The fraction of sp³-hybridized carbons (Fsp3) is 0.720. The number of carbonyl (C=O) groups is 1. The van der Waals surface area contributed by atoms with Gasteiger partial charge < -0.3 is 20.1 Å². The zero-order valence-electron chi connectivity index (χ0n) is 20.9. The monoisotopic (exact) mass is 493 g/mol. The van der Waals surface area contributed by atoms with Crippen molar-refractivity contribution in [3.63, 3.8) is 0 Å². The van der Waals surface area contributed by atoms with Gasteiger partial charge in [-0.15, -0.1) is 0 Å². The fourth-order valence-electron chi connectivity index (χ4n) is 6.27. The summed E-state index contributed by atoms with van der Waals surface area (Å²) in [6.45, 7) is 9.25. The molecule has 0 radical (unpaired) electrons. The van der Waals surface area contributed by atoms with Crippen molar-refractivity contribution in [1.82, 2.24) is 9.62 Å². The van der Waals surface area contributed by atoms with Crippen molar-refractivity contribution in [2.45, 2.75) is 57.4 Å². The minimum absolute atomic E-state index is 0.0220. The second kappa shape index (κ2) is 9.76. The predicted molar refractivity (Wildman–Crippen MR) is 131 cm³/mol. The average molecular weight is 494 g/mol. The van der Waals surface area contributed by atoms with Crippen molar-refractivity contribution >= 4 is 21.6 Å². The van der Waals surface area contributed by atoms with Gasteiger partial charge in [0.05, 0.1) is 18.9 Å². The molecule has 2 aliphatic carbocycles. The molecule has 1 amide bonds. The van der Waals surface area contributed by atoms with Crippen LogP contribution >= 0.6 is 0 Å². The molecule has 34 heavy (non-hydrogen) atoms. The van der Waals surface area contributed by atoms with E-state index in [9.17, 15) is 13.2 Å². The molecular weight excluding hydrogens is 454 g/mol. The van der Waals surface area contributed by atoms with Crippen LogP contribution in [-0.4, -0.2) is 71.2 Å². The SMILES string of the molecule is COCCCNc1ccc(C(=O)NC2C3(C)CC[C@H](C3)C2(C)C)cc1S(=O)(=O)N1CCOCC1. The molecule has 0 spiro atoms. The van der Waals surface area contributed by atoms with Crippen LogP contribution in [0, 0.1) is 16.7 Å². The average Bonchev–Trinajstić information content (AvgIpc) is 3.31. The van der Waals surface area contributed by atoms with Crippen LogP contribution < -0.4 is 10.6 Å². The van der Waals surface area contributed by atoms with Gasteiger partial charge in [-0.1, -0.05) is 20.8 Å². The minimum atomic E-state index is -3.78. The molecule has 2 N–H and O–H groups in total. The van der Waals surface area contributed by atoms with Crippen LogP contribution in [0.3, 0.4) is 0 Å². The highest BCUT2D eigenvalue weighted by Crippen LogP contribution is 2.62. The smallest absolute Gasteiger partial charge is 0.251 e. The predicted octanol–water partition coefficient (Wildman–Crippen LogP) is 3.10. The number of carbonyl (C=O) groups excluding carboxylic acids is 1. The second-order valence-electron chi connectivity index (χ2n) is 10.8. The van der Waals surface area contributed by atoms with E-state index >= 15 is 0 Å². The summed E-state index contributed by atoms with van der Waals surface area (Å²) in [4.78, 5) is 13.5. The van der Waals surface area contributed by atoms with Gasteiger partial charge in [0.25, 0.3) is 5.91 Å². The second-order valence-corrected chi connectivity index (χ2v) is 12.7. The van der Waals surface area contributed by atoms with Crippen LogP contribution in [0.1, 0.15) is 56.8 Å². The normalized spacial score (nSPS) is 28.7. The molecule has 2 unspecified atom stereocenters. The van der Waals surface area contributed by atoms with Crippen molar-refractivity contribution < 1.29 is 22.7 Å². The molecule has 9 heteroatoms. The first-order valence-corrected chi connectivity index (χ1v) is 13.8. The Labute approximate surface area is 203 Å². The van der Waals surface area contributed by atoms with E-state index in [-0.39, 0.29) is 27.7 Å². The molecule has 3 aliphatic rings. The molecule has 1 aromatic carbocycles. The van der Waals surface area contributed by atoms with Crippen molar-refractivity contribution in [2.75, 3.05) is 51.9 Å². The summed E-state index contributed by atoms with van der Waals surface area (Å²) >= 11 is 0. The van der Waals surface area contributed by atoms with Crippen LogP contribution in [-0.2, 0) is 19.5 Å². The van der Waals surface area contributed by atoms with Gasteiger partial charge in [0, 0.05) is 45.0 Å². The summed E-state index contributed by atoms with van der Waals surface area (Å²) in [5, 5.41) is 6.52. The van der Waals surface area contributed by atoms with E-state index in [1.54, 1.807) is 19.2 Å². The number of ether oxygens (including phenoxy) is 2. The van der Waals surface area contributed by atoms with Crippen molar-refractivity contribution in [3.8, 4) is 0 Å². The van der Waals surface area contributed by atoms with Gasteiger partial charge in [0.1, 0.15) is 4.90 Å². The van der Waals surface area contributed by atoms with Gasteiger partial charge in [0.2, 0.25) is 10.0 Å². The molecule has 8 nitrogen and oxygen atoms in total. The molecule has 1 heterocycles. The quantitative estimate of drug-likeness (QED) is 0.513. The topological polar surface area (TPSA) is 97.0 Å². The number of nitrogens with one attached hydrogen (secondary N) is 2. The Bertz CT molecular complexity index is 1000. The Kier molecular flexibility index (Phi) is 7.29. The number of hydrogen-bond donors (Lipinski definition) is 2. The van der Waals surface area contributed by atoms with Gasteiger partial charge >= 0.3 is 0 Å². The van der Waals surface area contributed by atoms with Crippen LogP contribution in [0.4, 0.5) is 5.69 Å². The zero-order valence-corrected chi connectivity index (χ0v) is 21.7. The van der Waals surface area contributed by atoms with Gasteiger partial charge in [0.15, 0.2) is 0 Å². The molecule has 1 aromatic rings. The highest BCUT2D eigenvalue weighted by molar-refractivity contribution is 7.89. The molecule has 1 aliphatic heterocycles. The molecule has 1 saturated heterocycles. The lowest BCUT2D eigenvalue weighted by Crippen LogP contribution is -2.52. The van der Waals surface area contributed by atoms with Crippen LogP contribution in [0.15, 0.2) is 23.1 Å². The summed E-state index contributed by atoms with van der Waals surface area (Å²) in [5.74, 6) is 0.398. The van der Waals surface area contributed by atoms with Gasteiger partial charge in [-0.25, -0.2) is 8.42 Å². The first kappa shape index (κ1) is 25.4. The van der Waals surface area contributed by atoms with Crippen LogP contribution in [0.2, 0.25) is 0 Å². The largest absolute Gasteiger partial charge is 0.385 e. The lowest BCUT2D eigenvalue weighted by atomic mass is 9.68. The third kappa shape index (κ3) is 4.72. The van der Waals surface area contributed by atoms with Crippen molar-refractivity contribution in [3.05, 3.63) is 23.8 Å². The number of hydrogen-bond acceptors (Lipinski definition) is 6. The Hall–Kier alpha value is -1.68. The fourth-order valence-corrected chi connectivity index (χ4v) is 7.87. The molecule has 2 bridgehead atoms. The third-order valence-electron chi connectivity index (χ3n) is 8.22. The van der Waals surface area contributed by atoms with E-state index in [1.807, 2.05) is 0 Å². The molecule has 190 valence electrons. The Morgan fingerprint density at radius 1 is 1.24 bits per heavy atom. The van der Waals surface area contributed by atoms with Gasteiger partial charge in [-0.2, -0.15) is 4.31 Å². The minimum Gasteiger partial charge on any atom is -0.385 e. The first-order chi connectivity index (χ1) is 16.1. The van der Waals surface area contributed by atoms with E-state index in [4.69, 9.17) is 9.47 Å². The molecule has 4 rings (SSSR count). The maximum atomic E-state index is 13.5. The number of methoxy groups -OCH3 is 1. The summed E-state index contributed by atoms with van der Waals surface area (Å²) < 4.78 is 39.0. The number of anilines is 1. The van der Waals surface area contributed by atoms with Crippen molar-refractivity contribution in [1.29, 1.82) is 0 Å². The zero-order chi connectivity index (χ0) is 24.6. The molecular formula is C25H39N3O5S. The van der Waals surface area contributed by atoms with E-state index in [1.165, 1.54) is 16.8 Å². The number of sulfonamides is 1. The molecule has 3 atom stereocenters. The van der Waals surface area contributed by atoms with E-state index in [0.29, 0.717) is 56.6 Å². The highest BCUT2D eigenvalue weighted by Gasteiger charge is 2.59. The van der Waals surface area contributed by atoms with E-state index < -0.39 is 10.0 Å². The third-order valence-corrected chi connectivity index (χ3v) is 10.2. The number of benzene rings is 1. The Morgan fingerprint density at radius 2 is 1.97 bits per heavy atom. The maximum Gasteiger partial charge on any atom is 0.251 e. The van der Waals surface area contributed by atoms with Crippen molar-refractivity contribution in [2.24, 2.45) is 16.7 Å². The maximum absolute atomic E-state index is 13.5. The summed E-state index contributed by atoms with van der Waals surface area (Å²) in [6, 6.07) is 5.02. The van der Waals surface area contributed by atoms with E-state index in [0.717, 1.165) is 19.3 Å². The lowest BCUT2D eigenvalue weighted by Gasteiger charge is -2.43. The lowest BCUT2D eigenvalue weighted by molar-refractivity contribution is 0.0729. The number of morpholine rings is 1. The molecule has 0 aromatic heterocycles. The number of nitrogens with zero attached hydrogens (tertiary/aromatic N) is 1. The summed E-state index contributed by atoms with van der Waals surface area (Å²) in [7, 11) is -2.14. The summed E-state index contributed by atoms with van der Waals surface area (Å²) in [6.07, 6.45) is 4.20. The Balaban J connectivity index is 1.60. The highest BCUT2D eigenvalue weighted by atomic mass is 32.2. The van der Waals surface area contributed by atoms with Gasteiger partial charge in [-0.3, -0.25) is 4.79 Å². The molecule has 2 saturated carbocycles. The van der Waals surface area contributed by atoms with Gasteiger partial charge in [-0.05, 0) is 60.6 Å². The van der Waals surface area contributed by atoms with E-state index in [2.05, 4.69) is 31.4 Å². The van der Waals surface area contributed by atoms with Crippen LogP contribution in [0.5, 0.6) is 0 Å². The standard InChI is InChI=1S/C25H39N3O5S/c1-24(2)19-8-9-25(3,17-19)23(24)27-22(29)18-6-7-20(26-10-5-13-32-4)21(16-18)34(30,31)28-11-14-33-15-12-28/h6-7,16,19,23,26H,5,8-15,17H2,1-4H3,(H,27,29)/t19-,23?,25?/m1/s1.